The van der Waals surface area contributed by atoms with E-state index in [4.69, 9.17) is 0 Å². The number of nitrogens with one attached hydrogen (secondary N) is 4. The molecule has 0 spiro atoms. The summed E-state index contributed by atoms with van der Waals surface area (Å²) in [4.78, 5) is 15.0. The van der Waals surface area contributed by atoms with Crippen molar-refractivity contribution < 1.29 is 13.2 Å². The highest BCUT2D eigenvalue weighted by Gasteiger charge is 2.34. The van der Waals surface area contributed by atoms with Crippen LogP contribution in [0.2, 0.25) is 0 Å². The van der Waals surface area contributed by atoms with Crippen LogP contribution in [-0.4, -0.2) is 30.1 Å². The maximum Gasteiger partial charge on any atom is 0.433 e. The molecule has 1 fully saturated rings. The van der Waals surface area contributed by atoms with Crippen LogP contribution in [-0.2, 0) is 12.7 Å². The molecule has 1 aromatic carbocycles. The van der Waals surface area contributed by atoms with Crippen LogP contribution in [0.5, 0.6) is 0 Å². The molecule has 154 valence electrons. The molecule has 0 radical (unpaired) electrons. The van der Waals surface area contributed by atoms with E-state index < -0.39 is 11.9 Å². The van der Waals surface area contributed by atoms with E-state index in [1.165, 1.54) is 0 Å². The van der Waals surface area contributed by atoms with Crippen molar-refractivity contribution in [3.05, 3.63) is 53.6 Å². The molecule has 4 aromatic rings. The molecular formula is C19H17F3N8. The number of anilines is 3. The predicted octanol–water partition coefficient (Wildman–Crippen LogP) is 4.33. The lowest BCUT2D eigenvalue weighted by Gasteiger charge is -2.12. The van der Waals surface area contributed by atoms with Gasteiger partial charge < -0.3 is 15.6 Å². The van der Waals surface area contributed by atoms with Gasteiger partial charge >= 0.3 is 6.18 Å². The van der Waals surface area contributed by atoms with Gasteiger partial charge in [-0.2, -0.15) is 23.3 Å². The second kappa shape index (κ2) is 7.01. The van der Waals surface area contributed by atoms with E-state index in [0.717, 1.165) is 41.2 Å². The third-order valence-corrected chi connectivity index (χ3v) is 4.82. The van der Waals surface area contributed by atoms with Crippen molar-refractivity contribution in [2.45, 2.75) is 31.5 Å². The minimum atomic E-state index is -4.60. The minimum absolute atomic E-state index is 0.0106. The molecule has 30 heavy (non-hydrogen) atoms. The largest absolute Gasteiger partial charge is 0.433 e. The van der Waals surface area contributed by atoms with Crippen molar-refractivity contribution in [3.63, 3.8) is 0 Å². The molecule has 1 aliphatic carbocycles. The van der Waals surface area contributed by atoms with Gasteiger partial charge in [-0.3, -0.25) is 5.10 Å². The van der Waals surface area contributed by atoms with Crippen LogP contribution in [0.4, 0.5) is 30.8 Å². The number of H-pyrrole nitrogens is 2. The Morgan fingerprint density at radius 1 is 1.07 bits per heavy atom. The third-order valence-electron chi connectivity index (χ3n) is 4.82. The fraction of sp³-hybridized carbons (Fsp3) is 0.263. The van der Waals surface area contributed by atoms with E-state index >= 15 is 0 Å². The fourth-order valence-electron chi connectivity index (χ4n) is 3.14. The summed E-state index contributed by atoms with van der Waals surface area (Å²) in [5, 5.41) is 12.7. The number of hydrogen-bond acceptors (Lipinski definition) is 6. The van der Waals surface area contributed by atoms with Crippen molar-refractivity contribution in [3.8, 4) is 0 Å². The average Bonchev–Trinajstić information content (AvgIpc) is 3.27. The van der Waals surface area contributed by atoms with E-state index in [2.05, 4.69) is 40.8 Å². The Labute approximate surface area is 168 Å². The lowest BCUT2D eigenvalue weighted by molar-refractivity contribution is -0.141. The highest BCUT2D eigenvalue weighted by Crippen LogP contribution is 2.39. The van der Waals surface area contributed by atoms with Crippen molar-refractivity contribution in [2.24, 2.45) is 0 Å². The molecule has 0 saturated heterocycles. The van der Waals surface area contributed by atoms with Crippen LogP contribution in [0.25, 0.3) is 11.0 Å². The van der Waals surface area contributed by atoms with Gasteiger partial charge in [0.2, 0.25) is 5.95 Å². The van der Waals surface area contributed by atoms with Gasteiger partial charge in [0.25, 0.3) is 0 Å². The summed E-state index contributed by atoms with van der Waals surface area (Å²) in [6.07, 6.45) is -0.842. The molecule has 3 heterocycles. The van der Waals surface area contributed by atoms with E-state index in [0.29, 0.717) is 11.7 Å². The van der Waals surface area contributed by atoms with Crippen LogP contribution in [0.1, 0.15) is 35.7 Å². The first kappa shape index (κ1) is 18.4. The highest BCUT2D eigenvalue weighted by atomic mass is 19.4. The topological polar surface area (TPSA) is 107 Å². The lowest BCUT2D eigenvalue weighted by Crippen LogP contribution is -2.13. The molecule has 0 atom stereocenters. The van der Waals surface area contributed by atoms with Crippen LogP contribution in [0.15, 0.2) is 36.7 Å². The Morgan fingerprint density at radius 3 is 2.73 bits per heavy atom. The molecule has 5 rings (SSSR count). The van der Waals surface area contributed by atoms with Gasteiger partial charge in [0.05, 0.1) is 17.4 Å². The Morgan fingerprint density at radius 2 is 1.93 bits per heavy atom. The van der Waals surface area contributed by atoms with Gasteiger partial charge in [-0.1, -0.05) is 6.07 Å². The molecule has 0 bridgehead atoms. The molecule has 8 nitrogen and oxygen atoms in total. The molecule has 0 amide bonds. The molecule has 1 aliphatic rings. The number of hydrogen-bond donors (Lipinski definition) is 4. The summed E-state index contributed by atoms with van der Waals surface area (Å²) in [5.74, 6) is 0.746. The Hall–Kier alpha value is -3.63. The van der Waals surface area contributed by atoms with Crippen molar-refractivity contribution in [2.75, 3.05) is 10.6 Å². The normalized spacial score (nSPS) is 14.2. The summed E-state index contributed by atoms with van der Waals surface area (Å²) in [6, 6.07) is 8.21. The molecule has 4 N–H and O–H groups in total. The second-order valence-electron chi connectivity index (χ2n) is 7.18. The maximum atomic E-state index is 13.3. The Bertz CT molecular complexity index is 1190. The van der Waals surface area contributed by atoms with Crippen LogP contribution >= 0.6 is 0 Å². The van der Waals surface area contributed by atoms with Crippen molar-refractivity contribution >= 4 is 28.6 Å². The monoisotopic (exact) mass is 414 g/mol. The van der Waals surface area contributed by atoms with Crippen LogP contribution in [0.3, 0.4) is 0 Å². The smallest absolute Gasteiger partial charge is 0.350 e. The van der Waals surface area contributed by atoms with Gasteiger partial charge in [-0.05, 0) is 30.5 Å². The number of aromatic amines is 2. The molecular weight excluding hydrogens is 397 g/mol. The first-order valence-electron chi connectivity index (χ1n) is 9.38. The average molecular weight is 414 g/mol. The van der Waals surface area contributed by atoms with Crippen molar-refractivity contribution in [1.82, 2.24) is 30.1 Å². The molecule has 0 aliphatic heterocycles. The van der Waals surface area contributed by atoms with Gasteiger partial charge in [0.1, 0.15) is 5.82 Å². The number of nitrogens with zero attached hydrogens (tertiary/aromatic N) is 4. The predicted molar refractivity (Wildman–Crippen MR) is 104 cm³/mol. The van der Waals surface area contributed by atoms with Gasteiger partial charge in [0, 0.05) is 30.3 Å². The van der Waals surface area contributed by atoms with Gasteiger partial charge in [0.15, 0.2) is 11.5 Å². The zero-order valence-electron chi connectivity index (χ0n) is 15.6. The number of aromatic nitrogens is 6. The quantitative estimate of drug-likeness (QED) is 0.374. The number of benzene rings is 1. The number of imidazole rings is 1. The molecule has 1 saturated carbocycles. The number of halogens is 3. The SMILES string of the molecule is FC(F)(F)c1cc(Nc2cc(C3CC3)[nH]n2)nc(NCc2ccc3[nH]cnc3c2)n1. The summed E-state index contributed by atoms with van der Waals surface area (Å²) >= 11 is 0. The molecule has 11 heteroatoms. The van der Waals surface area contributed by atoms with E-state index in [9.17, 15) is 13.2 Å². The zero-order chi connectivity index (χ0) is 20.7. The van der Waals surface area contributed by atoms with Crippen LogP contribution in [0, 0.1) is 0 Å². The van der Waals surface area contributed by atoms with E-state index in [-0.39, 0.29) is 18.3 Å². The fourth-order valence-corrected chi connectivity index (χ4v) is 3.14. The number of fused-ring (bicyclic) bond motifs is 1. The molecule has 0 unspecified atom stereocenters. The summed E-state index contributed by atoms with van der Waals surface area (Å²) in [7, 11) is 0. The highest BCUT2D eigenvalue weighted by molar-refractivity contribution is 5.75. The van der Waals surface area contributed by atoms with Gasteiger partial charge in [-0.25, -0.2) is 9.97 Å². The first-order chi connectivity index (χ1) is 14.4. The summed E-state index contributed by atoms with van der Waals surface area (Å²) < 4.78 is 40.0. The molecule has 3 aromatic heterocycles. The lowest BCUT2D eigenvalue weighted by atomic mass is 10.2. The zero-order valence-corrected chi connectivity index (χ0v) is 15.6. The van der Waals surface area contributed by atoms with E-state index in [1.807, 2.05) is 18.2 Å². The summed E-state index contributed by atoms with van der Waals surface area (Å²) in [6.45, 7) is 0.248. The maximum absolute atomic E-state index is 13.3. The van der Waals surface area contributed by atoms with Crippen molar-refractivity contribution in [1.29, 1.82) is 0 Å². The second-order valence-corrected chi connectivity index (χ2v) is 7.18. The van der Waals surface area contributed by atoms with Gasteiger partial charge in [-0.15, -0.1) is 0 Å². The number of alkyl halides is 3. The summed E-state index contributed by atoms with van der Waals surface area (Å²) in [5.41, 5.74) is 2.42. The Balaban J connectivity index is 1.37. The van der Waals surface area contributed by atoms with Crippen LogP contribution < -0.4 is 10.6 Å². The first-order valence-corrected chi connectivity index (χ1v) is 9.38. The Kier molecular flexibility index (Phi) is 4.30. The third kappa shape index (κ3) is 3.91. The standard InChI is InChI=1S/C19H17F3N8/c20-19(21,22)15-7-16(27-17-6-13(29-30-17)11-2-3-11)28-18(26-15)23-8-10-1-4-12-14(5-10)25-9-24-12/h1,4-7,9,11H,2-3,8H2,(H,24,25)(H3,23,26,27,28,29,30). The number of rotatable bonds is 6. The minimum Gasteiger partial charge on any atom is -0.350 e. The van der Waals surface area contributed by atoms with E-state index in [1.54, 1.807) is 12.4 Å².